The van der Waals surface area contributed by atoms with E-state index in [1.54, 1.807) is 18.2 Å². The van der Waals surface area contributed by atoms with Crippen molar-refractivity contribution in [2.45, 2.75) is 17.7 Å². The van der Waals surface area contributed by atoms with Gasteiger partial charge >= 0.3 is 0 Å². The summed E-state index contributed by atoms with van der Waals surface area (Å²) >= 11 is 0. The summed E-state index contributed by atoms with van der Waals surface area (Å²) in [5.41, 5.74) is 16.2. The summed E-state index contributed by atoms with van der Waals surface area (Å²) in [7, 11) is -3.58. The van der Waals surface area contributed by atoms with Crippen LogP contribution < -0.4 is 17.2 Å². The fourth-order valence-electron chi connectivity index (χ4n) is 2.12. The van der Waals surface area contributed by atoms with Gasteiger partial charge in [0.05, 0.1) is 5.69 Å². The highest BCUT2D eigenvalue weighted by Gasteiger charge is 2.29. The molecule has 0 amide bonds. The first-order valence-corrected chi connectivity index (χ1v) is 7.88. The van der Waals surface area contributed by atoms with Gasteiger partial charge in [-0.25, -0.2) is 13.4 Å². The Kier molecular flexibility index (Phi) is 4.43. The summed E-state index contributed by atoms with van der Waals surface area (Å²) in [6.07, 6.45) is 1.72. The number of para-hydroxylation sites is 1. The first kappa shape index (κ1) is 15.3. The normalized spacial score (nSPS) is 16.9. The Morgan fingerprint density at radius 3 is 2.33 bits per heavy atom. The van der Waals surface area contributed by atoms with E-state index in [2.05, 4.69) is 9.98 Å². The third-order valence-corrected chi connectivity index (χ3v) is 4.97. The smallest absolute Gasteiger partial charge is 0.245 e. The minimum Gasteiger partial charge on any atom is -0.370 e. The summed E-state index contributed by atoms with van der Waals surface area (Å²) in [5, 5.41) is 0. The van der Waals surface area contributed by atoms with Crippen LogP contribution in [0, 0.1) is 0 Å². The number of nitrogens with two attached hydrogens (primary N) is 3. The molecule has 0 spiro atoms. The number of benzene rings is 1. The number of sulfonamides is 1. The molecular formula is C12H18N6O2S. The molecule has 1 fully saturated rings. The Bertz CT molecular complexity index is 673. The number of nitrogens with zero attached hydrogens (tertiary/aromatic N) is 3. The van der Waals surface area contributed by atoms with E-state index in [0.717, 1.165) is 12.8 Å². The highest BCUT2D eigenvalue weighted by Crippen LogP contribution is 2.28. The van der Waals surface area contributed by atoms with E-state index < -0.39 is 10.0 Å². The van der Waals surface area contributed by atoms with E-state index in [0.29, 0.717) is 13.1 Å². The van der Waals surface area contributed by atoms with Crippen LogP contribution in [0.5, 0.6) is 0 Å². The lowest BCUT2D eigenvalue weighted by molar-refractivity contribution is 0.477. The molecular weight excluding hydrogens is 292 g/mol. The number of guanidine groups is 2. The number of rotatable bonds is 3. The van der Waals surface area contributed by atoms with Crippen molar-refractivity contribution in [2.75, 3.05) is 13.1 Å². The van der Waals surface area contributed by atoms with Crippen molar-refractivity contribution in [1.29, 1.82) is 0 Å². The van der Waals surface area contributed by atoms with Crippen molar-refractivity contribution in [2.24, 2.45) is 27.2 Å². The Labute approximate surface area is 123 Å². The summed E-state index contributed by atoms with van der Waals surface area (Å²) in [4.78, 5) is 7.66. The molecule has 9 heteroatoms. The first-order chi connectivity index (χ1) is 9.91. The molecule has 0 bridgehead atoms. The van der Waals surface area contributed by atoms with E-state index in [1.807, 2.05) is 0 Å². The quantitative estimate of drug-likeness (QED) is 0.519. The minimum atomic E-state index is -3.58. The van der Waals surface area contributed by atoms with Crippen molar-refractivity contribution < 1.29 is 8.42 Å². The van der Waals surface area contributed by atoms with Crippen molar-refractivity contribution in [3.63, 3.8) is 0 Å². The van der Waals surface area contributed by atoms with E-state index in [1.165, 1.54) is 10.4 Å². The topological polar surface area (TPSA) is 140 Å². The second kappa shape index (κ2) is 6.10. The zero-order valence-corrected chi connectivity index (χ0v) is 12.3. The van der Waals surface area contributed by atoms with Gasteiger partial charge in [-0.1, -0.05) is 12.1 Å². The molecule has 0 unspecified atom stereocenters. The molecule has 0 aliphatic carbocycles. The van der Waals surface area contributed by atoms with E-state index in [4.69, 9.17) is 17.2 Å². The zero-order valence-electron chi connectivity index (χ0n) is 11.4. The van der Waals surface area contributed by atoms with Gasteiger partial charge in [0.2, 0.25) is 16.0 Å². The molecule has 1 heterocycles. The second-order valence-electron chi connectivity index (χ2n) is 4.59. The minimum absolute atomic E-state index is 0.0978. The Hall–Kier alpha value is -2.13. The molecule has 2 rings (SSSR count). The molecule has 1 aliphatic rings. The van der Waals surface area contributed by atoms with Crippen LogP contribution in [0.4, 0.5) is 5.69 Å². The van der Waals surface area contributed by atoms with Crippen molar-refractivity contribution in [1.82, 2.24) is 4.31 Å². The molecule has 114 valence electrons. The van der Waals surface area contributed by atoms with Crippen molar-refractivity contribution >= 4 is 27.6 Å². The van der Waals surface area contributed by atoms with Gasteiger partial charge in [-0.15, -0.1) is 0 Å². The third kappa shape index (κ3) is 3.50. The summed E-state index contributed by atoms with van der Waals surface area (Å²) in [6, 6.07) is 6.36. The third-order valence-electron chi connectivity index (χ3n) is 3.03. The predicted molar refractivity (Wildman–Crippen MR) is 81.5 cm³/mol. The maximum Gasteiger partial charge on any atom is 0.245 e. The largest absolute Gasteiger partial charge is 0.370 e. The number of hydrogen-bond donors (Lipinski definition) is 3. The molecule has 1 aromatic rings. The summed E-state index contributed by atoms with van der Waals surface area (Å²) < 4.78 is 26.6. The Balaban J connectivity index is 2.44. The summed E-state index contributed by atoms with van der Waals surface area (Å²) in [5.74, 6) is -0.435. The van der Waals surface area contributed by atoms with Crippen LogP contribution in [0.25, 0.3) is 0 Å². The molecule has 0 aromatic heterocycles. The lowest BCUT2D eigenvalue weighted by atomic mass is 10.3. The van der Waals surface area contributed by atoms with Gasteiger partial charge < -0.3 is 17.2 Å². The zero-order chi connectivity index (χ0) is 15.5. The van der Waals surface area contributed by atoms with Gasteiger partial charge in [0.15, 0.2) is 5.96 Å². The van der Waals surface area contributed by atoms with Gasteiger partial charge in [-0.05, 0) is 25.0 Å². The molecule has 0 radical (unpaired) electrons. The molecule has 8 nitrogen and oxygen atoms in total. The molecule has 0 atom stereocenters. The van der Waals surface area contributed by atoms with Crippen LogP contribution in [0.15, 0.2) is 39.1 Å². The summed E-state index contributed by atoms with van der Waals surface area (Å²) in [6.45, 7) is 1.04. The molecule has 1 aliphatic heterocycles. The van der Waals surface area contributed by atoms with Gasteiger partial charge in [-0.3, -0.25) is 0 Å². The first-order valence-electron chi connectivity index (χ1n) is 6.44. The monoisotopic (exact) mass is 310 g/mol. The molecule has 0 saturated carbocycles. The molecule has 1 aromatic carbocycles. The fourth-order valence-corrected chi connectivity index (χ4v) is 3.76. The average Bonchev–Trinajstić information content (AvgIpc) is 2.92. The highest BCUT2D eigenvalue weighted by atomic mass is 32.2. The van der Waals surface area contributed by atoms with Crippen LogP contribution in [0.3, 0.4) is 0 Å². The highest BCUT2D eigenvalue weighted by molar-refractivity contribution is 7.89. The van der Waals surface area contributed by atoms with Crippen LogP contribution in [0.2, 0.25) is 0 Å². The fraction of sp³-hybridized carbons (Fsp3) is 0.333. The van der Waals surface area contributed by atoms with Gasteiger partial charge in [0, 0.05) is 13.1 Å². The maximum absolute atomic E-state index is 12.6. The lowest BCUT2D eigenvalue weighted by Crippen LogP contribution is -2.28. The van der Waals surface area contributed by atoms with Gasteiger partial charge in [0.25, 0.3) is 0 Å². The number of hydrogen-bond acceptors (Lipinski definition) is 3. The lowest BCUT2D eigenvalue weighted by Gasteiger charge is -2.16. The van der Waals surface area contributed by atoms with Crippen LogP contribution >= 0.6 is 0 Å². The SMILES string of the molecule is NC(N)=NC(N)=Nc1ccccc1S(=O)(=O)N1CCCC1. The van der Waals surface area contributed by atoms with Gasteiger partial charge in [-0.2, -0.15) is 9.30 Å². The Morgan fingerprint density at radius 2 is 1.71 bits per heavy atom. The standard InChI is InChI=1S/C12H18N6O2S/c13-11(14)17-12(15)16-9-5-1-2-6-10(9)21(19,20)18-7-3-4-8-18/h1-2,5-6H,3-4,7-8H2,(H6,13,14,15,16,17). The van der Waals surface area contributed by atoms with E-state index >= 15 is 0 Å². The van der Waals surface area contributed by atoms with Crippen molar-refractivity contribution in [3.8, 4) is 0 Å². The molecule has 6 N–H and O–H groups in total. The van der Waals surface area contributed by atoms with E-state index in [9.17, 15) is 8.42 Å². The second-order valence-corrected chi connectivity index (χ2v) is 6.49. The predicted octanol–water partition coefficient (Wildman–Crippen LogP) is -0.309. The molecule has 21 heavy (non-hydrogen) atoms. The Morgan fingerprint density at radius 1 is 1.10 bits per heavy atom. The van der Waals surface area contributed by atoms with Crippen LogP contribution in [-0.4, -0.2) is 37.7 Å². The van der Waals surface area contributed by atoms with Gasteiger partial charge in [0.1, 0.15) is 4.90 Å². The maximum atomic E-state index is 12.6. The van der Waals surface area contributed by atoms with Crippen molar-refractivity contribution in [3.05, 3.63) is 24.3 Å². The van der Waals surface area contributed by atoms with Crippen LogP contribution in [0.1, 0.15) is 12.8 Å². The average molecular weight is 310 g/mol. The molecule has 1 saturated heterocycles. The van der Waals surface area contributed by atoms with E-state index in [-0.39, 0.29) is 22.5 Å². The van der Waals surface area contributed by atoms with Crippen LogP contribution in [-0.2, 0) is 10.0 Å². The number of aliphatic imine (C=N–C) groups is 2.